The summed E-state index contributed by atoms with van der Waals surface area (Å²) in [6.45, 7) is 7.74. The SMILES string of the molecule is CCCCCCCCCCCCCCCC(=O)C[N+](CC)(CCO)C(=O)CCCCCCCCCCCCCCC. The molecule has 0 aromatic heterocycles. The van der Waals surface area contributed by atoms with Crippen LogP contribution >= 0.6 is 0 Å². The number of aliphatic hydroxyl groups is 1. The molecule has 0 radical (unpaired) electrons. The molecule has 0 rings (SSSR count). The Kier molecular flexibility index (Phi) is 30.2. The highest BCUT2D eigenvalue weighted by atomic mass is 16.3. The number of hydrogen-bond donors (Lipinski definition) is 1. The first-order valence-electron chi connectivity index (χ1n) is 18.6. The number of likely N-dealkylation sites (N-methyl/N-ethyl adjacent to an activating group) is 1. The number of ketones is 1. The van der Waals surface area contributed by atoms with E-state index in [2.05, 4.69) is 13.8 Å². The summed E-state index contributed by atoms with van der Waals surface area (Å²) in [6.07, 6.45) is 34.8. The van der Waals surface area contributed by atoms with E-state index in [0.29, 0.717) is 25.9 Å². The molecule has 1 unspecified atom stereocenters. The Bertz CT molecular complexity index is 579. The second kappa shape index (κ2) is 30.7. The van der Waals surface area contributed by atoms with E-state index >= 15 is 0 Å². The van der Waals surface area contributed by atoms with Crippen molar-refractivity contribution in [1.29, 1.82) is 0 Å². The van der Waals surface area contributed by atoms with Crippen LogP contribution in [-0.4, -0.2) is 47.5 Å². The molecule has 0 aromatic carbocycles. The number of carbonyl (C=O) groups is 2. The van der Waals surface area contributed by atoms with Gasteiger partial charge in [0, 0.05) is 6.42 Å². The number of rotatable bonds is 33. The van der Waals surface area contributed by atoms with Gasteiger partial charge in [-0.25, -0.2) is 4.79 Å². The van der Waals surface area contributed by atoms with E-state index in [1.54, 1.807) is 0 Å². The smallest absolute Gasteiger partial charge is 0.314 e. The van der Waals surface area contributed by atoms with Gasteiger partial charge >= 0.3 is 5.91 Å². The minimum absolute atomic E-state index is 0.0375. The van der Waals surface area contributed by atoms with E-state index in [1.807, 2.05) is 6.92 Å². The third kappa shape index (κ3) is 24.4. The van der Waals surface area contributed by atoms with Gasteiger partial charge in [0.1, 0.15) is 13.1 Å². The summed E-state index contributed by atoms with van der Waals surface area (Å²) >= 11 is 0. The molecule has 0 aliphatic heterocycles. The molecule has 0 saturated heterocycles. The van der Waals surface area contributed by atoms with Crippen LogP contribution in [0.2, 0.25) is 0 Å². The van der Waals surface area contributed by atoms with Crippen LogP contribution in [0.4, 0.5) is 0 Å². The number of hydrogen-bond acceptors (Lipinski definition) is 3. The van der Waals surface area contributed by atoms with Gasteiger partial charge < -0.3 is 5.11 Å². The lowest BCUT2D eigenvalue weighted by Crippen LogP contribution is -2.56. The molecule has 4 nitrogen and oxygen atoms in total. The number of Topliss-reactive ketones (excluding diaryl/α,β-unsaturated/α-hetero) is 1. The Morgan fingerprint density at radius 2 is 0.780 bits per heavy atom. The van der Waals surface area contributed by atoms with Gasteiger partial charge in [0.15, 0.2) is 5.78 Å². The summed E-state index contributed by atoms with van der Waals surface area (Å²) in [5.41, 5.74) is 0. The Hall–Kier alpha value is -0.740. The van der Waals surface area contributed by atoms with Crippen LogP contribution in [0.3, 0.4) is 0 Å². The van der Waals surface area contributed by atoms with Crippen molar-refractivity contribution in [3.63, 3.8) is 0 Å². The van der Waals surface area contributed by atoms with Gasteiger partial charge in [-0.2, -0.15) is 0 Å². The van der Waals surface area contributed by atoms with Crippen LogP contribution in [0, 0.1) is 0 Å². The zero-order chi connectivity index (χ0) is 30.3. The fourth-order valence-electron chi connectivity index (χ4n) is 6.22. The maximum atomic E-state index is 13.2. The summed E-state index contributed by atoms with van der Waals surface area (Å²) in [6, 6.07) is 0. The van der Waals surface area contributed by atoms with E-state index in [1.165, 1.54) is 141 Å². The first-order chi connectivity index (χ1) is 20.1. The fourth-order valence-corrected chi connectivity index (χ4v) is 6.22. The molecule has 1 atom stereocenters. The quantitative estimate of drug-likeness (QED) is 0.0620. The van der Waals surface area contributed by atoms with Crippen molar-refractivity contribution in [3.05, 3.63) is 0 Å². The molecular weight excluding hydrogens is 506 g/mol. The Balaban J connectivity index is 3.96. The normalized spacial score (nSPS) is 13.0. The molecule has 1 amide bonds. The Morgan fingerprint density at radius 3 is 1.10 bits per heavy atom. The van der Waals surface area contributed by atoms with E-state index in [0.717, 1.165) is 25.7 Å². The molecule has 41 heavy (non-hydrogen) atoms. The van der Waals surface area contributed by atoms with Crippen LogP contribution in [0.25, 0.3) is 0 Å². The van der Waals surface area contributed by atoms with Crippen molar-refractivity contribution in [3.8, 4) is 0 Å². The number of unbranched alkanes of at least 4 members (excludes halogenated alkanes) is 24. The molecule has 244 valence electrons. The van der Waals surface area contributed by atoms with Crippen molar-refractivity contribution < 1.29 is 19.2 Å². The van der Waals surface area contributed by atoms with E-state index in [-0.39, 0.29) is 29.3 Å². The minimum Gasteiger partial charge on any atom is -0.390 e. The maximum Gasteiger partial charge on any atom is 0.314 e. The molecule has 0 heterocycles. The maximum absolute atomic E-state index is 13.2. The van der Waals surface area contributed by atoms with Crippen LogP contribution in [-0.2, 0) is 9.59 Å². The molecular formula is C37H74NO3+. The van der Waals surface area contributed by atoms with Gasteiger partial charge in [0.25, 0.3) is 0 Å². The molecule has 0 spiro atoms. The topological polar surface area (TPSA) is 54.4 Å². The third-order valence-corrected chi connectivity index (χ3v) is 9.19. The molecule has 0 fully saturated rings. The minimum atomic E-state index is -0.0375. The molecule has 0 aromatic rings. The summed E-state index contributed by atoms with van der Waals surface area (Å²) < 4.78 is 0.145. The number of aliphatic hydroxyl groups excluding tert-OH is 1. The second-order valence-electron chi connectivity index (χ2n) is 13.0. The average molecular weight is 581 g/mol. The number of carbonyl (C=O) groups excluding carboxylic acids is 2. The van der Waals surface area contributed by atoms with Crippen molar-refractivity contribution in [1.82, 2.24) is 0 Å². The molecule has 0 saturated carbocycles. The highest BCUT2D eigenvalue weighted by molar-refractivity contribution is 5.82. The van der Waals surface area contributed by atoms with Gasteiger partial charge in [-0.05, 0) is 19.8 Å². The van der Waals surface area contributed by atoms with Crippen LogP contribution in [0.5, 0.6) is 0 Å². The Morgan fingerprint density at radius 1 is 0.463 bits per heavy atom. The Labute approximate surface area is 257 Å². The van der Waals surface area contributed by atoms with Crippen molar-refractivity contribution in [2.75, 3.05) is 26.2 Å². The first kappa shape index (κ1) is 40.3. The molecule has 1 N–H and O–H groups in total. The molecule has 4 heteroatoms. The molecule has 0 aliphatic carbocycles. The van der Waals surface area contributed by atoms with Crippen molar-refractivity contribution in [2.45, 2.75) is 201 Å². The van der Waals surface area contributed by atoms with Gasteiger partial charge in [0.05, 0.1) is 19.6 Å². The lowest BCUT2D eigenvalue weighted by Gasteiger charge is -2.34. The number of nitrogens with zero attached hydrogens (tertiary/aromatic N) is 1. The summed E-state index contributed by atoms with van der Waals surface area (Å²) in [5.74, 6) is 0.352. The monoisotopic (exact) mass is 581 g/mol. The number of quaternary nitrogens is 1. The van der Waals surface area contributed by atoms with E-state index < -0.39 is 0 Å². The lowest BCUT2D eigenvalue weighted by molar-refractivity contribution is -0.845. The summed E-state index contributed by atoms with van der Waals surface area (Å²) in [4.78, 5) is 26.1. The van der Waals surface area contributed by atoms with Gasteiger partial charge in [-0.15, -0.1) is 0 Å². The largest absolute Gasteiger partial charge is 0.390 e. The average Bonchev–Trinajstić information content (AvgIpc) is 2.97. The summed E-state index contributed by atoms with van der Waals surface area (Å²) in [7, 11) is 0. The zero-order valence-corrected chi connectivity index (χ0v) is 28.3. The molecule has 0 bridgehead atoms. The third-order valence-electron chi connectivity index (χ3n) is 9.19. The summed E-state index contributed by atoms with van der Waals surface area (Å²) in [5, 5.41) is 9.70. The van der Waals surface area contributed by atoms with E-state index in [9.17, 15) is 14.7 Å². The van der Waals surface area contributed by atoms with E-state index in [4.69, 9.17) is 0 Å². The van der Waals surface area contributed by atoms with Gasteiger partial charge in [0.2, 0.25) is 0 Å². The zero-order valence-electron chi connectivity index (χ0n) is 28.3. The predicted molar refractivity (Wildman–Crippen MR) is 178 cm³/mol. The lowest BCUT2D eigenvalue weighted by atomic mass is 10.0. The van der Waals surface area contributed by atoms with Crippen molar-refractivity contribution in [2.24, 2.45) is 0 Å². The van der Waals surface area contributed by atoms with Crippen LogP contribution in [0.15, 0.2) is 0 Å². The first-order valence-corrected chi connectivity index (χ1v) is 18.6. The van der Waals surface area contributed by atoms with Crippen LogP contribution in [0.1, 0.15) is 201 Å². The molecule has 0 aliphatic rings. The highest BCUT2D eigenvalue weighted by Gasteiger charge is 2.35. The van der Waals surface area contributed by atoms with Crippen LogP contribution < -0.4 is 0 Å². The standard InChI is InChI=1S/C37H74NO3/c1-4-7-9-11-13-15-17-19-21-23-25-27-29-31-36(40)35-38(6-3,33-34-39)37(41)32-30-28-26-24-22-20-18-16-14-12-10-8-5-2/h39H,4-35H2,1-3H3/q+1. The highest BCUT2D eigenvalue weighted by Crippen LogP contribution is 2.18. The number of amides is 1. The second-order valence-corrected chi connectivity index (χ2v) is 13.0. The van der Waals surface area contributed by atoms with Gasteiger partial charge in [-0.3, -0.25) is 9.28 Å². The van der Waals surface area contributed by atoms with Crippen molar-refractivity contribution >= 4 is 11.7 Å². The van der Waals surface area contributed by atoms with Gasteiger partial charge in [-0.1, -0.05) is 168 Å². The fraction of sp³-hybridized carbons (Fsp3) is 0.946. The predicted octanol–water partition coefficient (Wildman–Crippen LogP) is 10.9.